The van der Waals surface area contributed by atoms with E-state index in [0.717, 1.165) is 15.4 Å². The Morgan fingerprint density at radius 2 is 0.857 bits per heavy atom. The van der Waals surface area contributed by atoms with Crippen molar-refractivity contribution in [1.29, 1.82) is 0 Å². The summed E-state index contributed by atoms with van der Waals surface area (Å²) in [5, 5.41) is 28.6. The number of nitrogens with one attached hydrogen (secondary N) is 2. The zero-order valence-corrected chi connectivity index (χ0v) is 58.2. The van der Waals surface area contributed by atoms with Crippen LogP contribution in [-0.4, -0.2) is 172 Å². The minimum absolute atomic E-state index is 0.0431. The summed E-state index contributed by atoms with van der Waals surface area (Å²) in [4.78, 5) is 44.1. The molecule has 30 heteroatoms. The Kier molecular flexibility index (Phi) is 26.8. The standard InChI is InChI=1S/C40H47N2O11PS.C28H39N2O11PS/c1-29(2)25-42(26-37(43)36(24-30-12-6-3-7-13-30)41-40(44)51-38-27-49-39-35(38)22-23-48-39)55(46,47)34-20-18-31(19-21-34)50-28-54(45,52-32-14-8-4-9-15-32)53-33-16-10-5-11-17-33;1-19(2)15-30(43(36,37)22-10-8-21(9-11-22)40-18-42(33,34)35)16-25(31)24(14-20-6-4-3-5-7-20)29-28(32)41-26-17-39-27-23(26)12-13-38-27/h3-21,29,35-39,43H,22-28H2,1-2H3,(H,41,44);3-11,19,23-27,31H,12-18H2,1-2H3,(H,29,32)(H2,33,34,35)/t35-,36-,37+,38-,39+;23-,24-,25+,26-,27+/m00/s1. The number of ether oxygens (including phenoxy) is 8. The van der Waals surface area contributed by atoms with Crippen LogP contribution in [0.25, 0.3) is 0 Å². The van der Waals surface area contributed by atoms with E-state index in [1.165, 1.54) is 52.8 Å². The SMILES string of the molecule is CC(C)CN(C[C@@H](O)[C@H](Cc1ccccc1)NC(=O)O[C@H]1CO[C@H]2OCC[C@H]21)S(=O)(=O)c1ccc(OCP(=O)(O)O)cc1.CC(C)CN(C[C@@H](O)[C@H](Cc1ccccc1)NC(=O)O[C@H]1CO[C@H]2OCC[C@H]21)S(=O)(=O)c1ccc(OCP(=O)(Oc2ccccc2)Oc2ccccc2)cc1. The maximum Gasteiger partial charge on any atom is 0.468 e. The first-order chi connectivity index (χ1) is 46.8. The molecule has 6 aromatic carbocycles. The molecule has 0 unspecified atom stereocenters. The highest BCUT2D eigenvalue weighted by Crippen LogP contribution is 2.49. The van der Waals surface area contributed by atoms with E-state index in [9.17, 15) is 45.8 Å². The lowest BCUT2D eigenvalue weighted by Crippen LogP contribution is -2.51. The summed E-state index contributed by atoms with van der Waals surface area (Å²) in [6, 6.07) is 44.7. The van der Waals surface area contributed by atoms with Gasteiger partial charge in [-0.1, -0.05) is 125 Å². The van der Waals surface area contributed by atoms with Crippen molar-refractivity contribution in [2.24, 2.45) is 23.7 Å². The number of carbonyl (C=O) groups is 2. The molecule has 0 spiro atoms. The van der Waals surface area contributed by atoms with E-state index in [2.05, 4.69) is 10.6 Å². The molecule has 4 fully saturated rings. The number of aliphatic hydroxyl groups excluding tert-OH is 2. The van der Waals surface area contributed by atoms with Crippen LogP contribution < -0.4 is 29.2 Å². The Morgan fingerprint density at radius 3 is 1.21 bits per heavy atom. The van der Waals surface area contributed by atoms with Crippen LogP contribution in [0.3, 0.4) is 0 Å². The Hall–Kier alpha value is -6.98. The number of hydrogen-bond donors (Lipinski definition) is 6. The number of rotatable bonds is 32. The maximum atomic E-state index is 14.1. The Morgan fingerprint density at radius 1 is 0.500 bits per heavy atom. The largest absolute Gasteiger partial charge is 0.481 e. The second-order valence-electron chi connectivity index (χ2n) is 25.0. The maximum absolute atomic E-state index is 14.1. The minimum Gasteiger partial charge on any atom is -0.481 e. The van der Waals surface area contributed by atoms with E-state index in [-0.39, 0.29) is 97.2 Å². The molecule has 6 aromatic rings. The molecule has 4 aliphatic rings. The number of fused-ring (bicyclic) bond motifs is 2. The van der Waals surface area contributed by atoms with E-state index >= 15 is 0 Å². The summed E-state index contributed by atoms with van der Waals surface area (Å²) < 4.78 is 139. The third-order valence-corrected chi connectivity index (χ3v) is 21.8. The number of nitrogens with zero attached hydrogens (tertiary/aromatic N) is 2. The molecule has 26 nitrogen and oxygen atoms in total. The Bertz CT molecular complexity index is 3770. The smallest absolute Gasteiger partial charge is 0.468 e. The van der Waals surface area contributed by atoms with Crippen molar-refractivity contribution in [2.75, 3.05) is 65.3 Å². The van der Waals surface area contributed by atoms with Gasteiger partial charge in [-0.15, -0.1) is 0 Å². The van der Waals surface area contributed by atoms with Gasteiger partial charge in [0.2, 0.25) is 26.4 Å². The van der Waals surface area contributed by atoms with E-state index < -0.39 is 109 Å². The Balaban J connectivity index is 0.000000237. The van der Waals surface area contributed by atoms with Crippen LogP contribution in [0.15, 0.2) is 180 Å². The summed E-state index contributed by atoms with van der Waals surface area (Å²) in [5.74, 6) is 0.661. The van der Waals surface area contributed by atoms with Gasteiger partial charge < -0.3 is 77.6 Å². The molecule has 10 atom stereocenters. The zero-order chi connectivity index (χ0) is 70.0. The van der Waals surface area contributed by atoms with Gasteiger partial charge in [-0.2, -0.15) is 8.61 Å². The highest BCUT2D eigenvalue weighted by Gasteiger charge is 2.46. The topological polar surface area (TPSA) is 340 Å². The number of alkyl carbamates (subject to hydrolysis) is 2. The van der Waals surface area contributed by atoms with Crippen LogP contribution in [0, 0.1) is 23.7 Å². The van der Waals surface area contributed by atoms with Crippen LogP contribution in [0.1, 0.15) is 51.7 Å². The fourth-order valence-corrected chi connectivity index (χ4v) is 16.3. The van der Waals surface area contributed by atoms with Crippen molar-refractivity contribution < 1.29 is 102 Å². The predicted molar refractivity (Wildman–Crippen MR) is 359 cm³/mol. The van der Waals surface area contributed by atoms with Crippen molar-refractivity contribution >= 4 is 47.4 Å². The second kappa shape index (κ2) is 34.9. The Labute approximate surface area is 571 Å². The molecule has 98 heavy (non-hydrogen) atoms. The van der Waals surface area contributed by atoms with Crippen LogP contribution in [-0.2, 0) is 70.4 Å². The first-order valence-corrected chi connectivity index (χ1v) is 38.6. The van der Waals surface area contributed by atoms with Gasteiger partial charge in [-0.05, 0) is 121 Å². The van der Waals surface area contributed by atoms with Crippen molar-refractivity contribution in [3.63, 3.8) is 0 Å². The van der Waals surface area contributed by atoms with Crippen molar-refractivity contribution in [3.8, 4) is 23.0 Å². The van der Waals surface area contributed by atoms with Gasteiger partial charge in [-0.25, -0.2) is 31.0 Å². The molecule has 0 aliphatic carbocycles. The molecule has 4 aliphatic heterocycles. The lowest BCUT2D eigenvalue weighted by atomic mass is 10.0. The molecule has 0 bridgehead atoms. The van der Waals surface area contributed by atoms with Gasteiger partial charge in [0.1, 0.15) is 35.2 Å². The molecule has 4 saturated heterocycles. The number of carbonyl (C=O) groups excluding carboxylic acids is 2. The number of aliphatic hydroxyl groups is 2. The highest BCUT2D eigenvalue weighted by molar-refractivity contribution is 7.89. The molecule has 0 radical (unpaired) electrons. The van der Waals surface area contributed by atoms with Crippen LogP contribution in [0.2, 0.25) is 0 Å². The third kappa shape index (κ3) is 22.0. The van der Waals surface area contributed by atoms with E-state index in [1.54, 1.807) is 60.7 Å². The predicted octanol–water partition coefficient (Wildman–Crippen LogP) is 8.79. The summed E-state index contributed by atoms with van der Waals surface area (Å²) in [7, 11) is -16.6. The number of hydrogen-bond acceptors (Lipinski definition) is 20. The lowest BCUT2D eigenvalue weighted by molar-refractivity contribution is -0.0909. The first kappa shape index (κ1) is 75.2. The zero-order valence-electron chi connectivity index (χ0n) is 54.7. The van der Waals surface area contributed by atoms with Gasteiger partial charge in [0.15, 0.2) is 18.9 Å². The first-order valence-electron chi connectivity index (χ1n) is 32.2. The van der Waals surface area contributed by atoms with Crippen molar-refractivity contribution in [2.45, 2.75) is 112 Å². The lowest BCUT2D eigenvalue weighted by Gasteiger charge is -2.31. The summed E-state index contributed by atoms with van der Waals surface area (Å²) in [6.07, 6.45) is -5.33. The number of amides is 2. The average molecular weight is 1440 g/mol. The second-order valence-corrected chi connectivity index (χ2v) is 32.3. The fraction of sp³-hybridized carbons (Fsp3) is 0.441. The normalized spacial score (nSPS) is 20.5. The molecule has 0 saturated carbocycles. The number of benzene rings is 6. The molecular weight excluding hydrogens is 1350 g/mol. The number of sulfonamides is 2. The minimum atomic E-state index is -4.41. The summed E-state index contributed by atoms with van der Waals surface area (Å²) in [6.45, 7) is 8.45. The number of para-hydroxylation sites is 2. The van der Waals surface area contributed by atoms with Gasteiger partial charge >= 0.3 is 27.4 Å². The van der Waals surface area contributed by atoms with Gasteiger partial charge in [0.25, 0.3) is 0 Å². The average Bonchev–Trinajstić information content (AvgIpc) is 1.39. The molecule has 532 valence electrons. The quantitative estimate of drug-likeness (QED) is 0.0215. The highest BCUT2D eigenvalue weighted by atomic mass is 32.2. The summed E-state index contributed by atoms with van der Waals surface area (Å²) >= 11 is 0. The molecule has 0 aromatic heterocycles. The van der Waals surface area contributed by atoms with Crippen LogP contribution >= 0.6 is 15.2 Å². The van der Waals surface area contributed by atoms with Gasteiger partial charge in [0, 0.05) is 26.2 Å². The summed E-state index contributed by atoms with van der Waals surface area (Å²) in [5.41, 5.74) is 1.66. The molecule has 10 rings (SSSR count). The monoisotopic (exact) mass is 1440 g/mol. The van der Waals surface area contributed by atoms with Crippen molar-refractivity contribution in [3.05, 3.63) is 181 Å². The van der Waals surface area contributed by atoms with Crippen LogP contribution in [0.5, 0.6) is 23.0 Å². The van der Waals surface area contributed by atoms with Gasteiger partial charge in [-0.3, -0.25) is 4.57 Å². The molecule has 6 N–H and O–H groups in total. The fourth-order valence-electron chi connectivity index (χ4n) is 11.5. The molecule has 4 heterocycles. The van der Waals surface area contributed by atoms with E-state index in [1.807, 2.05) is 88.4 Å². The molecular formula is C68H86N4O22P2S2. The van der Waals surface area contributed by atoms with Crippen molar-refractivity contribution in [1.82, 2.24) is 19.2 Å². The van der Waals surface area contributed by atoms with Gasteiger partial charge in [0.05, 0.1) is 72.3 Å². The third-order valence-electron chi connectivity index (χ3n) is 16.2. The van der Waals surface area contributed by atoms with E-state index in [4.69, 9.17) is 56.7 Å². The van der Waals surface area contributed by atoms with E-state index in [0.29, 0.717) is 37.6 Å². The molecule has 2 amide bonds. The van der Waals surface area contributed by atoms with Crippen LogP contribution in [0.4, 0.5) is 9.59 Å².